The van der Waals surface area contributed by atoms with E-state index >= 15 is 0 Å². The summed E-state index contributed by atoms with van der Waals surface area (Å²) in [5.74, 6) is 0.204. The quantitative estimate of drug-likeness (QED) is 0.166. The third kappa shape index (κ3) is 9.40. The lowest BCUT2D eigenvalue weighted by molar-refractivity contribution is -0.140. The molecule has 0 spiro atoms. The van der Waals surface area contributed by atoms with Crippen LogP contribution in [-0.4, -0.2) is 48.6 Å². The zero-order valence-electron chi connectivity index (χ0n) is 21.9. The Balaban J connectivity index is 1.98. The van der Waals surface area contributed by atoms with E-state index < -0.39 is 11.9 Å². The fourth-order valence-corrected chi connectivity index (χ4v) is 3.16. The number of esters is 2. The van der Waals surface area contributed by atoms with Gasteiger partial charge in [-0.05, 0) is 49.2 Å². The van der Waals surface area contributed by atoms with Crippen molar-refractivity contribution in [3.8, 4) is 11.5 Å². The van der Waals surface area contributed by atoms with E-state index in [9.17, 15) is 9.59 Å². The lowest BCUT2D eigenvalue weighted by atomic mass is 9.78. The molecule has 2 rings (SSSR count). The van der Waals surface area contributed by atoms with Gasteiger partial charge in [-0.3, -0.25) is 0 Å². The van der Waals surface area contributed by atoms with Gasteiger partial charge in [0.05, 0.1) is 24.4 Å². The molecule has 200 valence electrons. The Morgan fingerprint density at radius 3 is 1.38 bits per heavy atom. The highest BCUT2D eigenvalue weighted by Crippen LogP contribution is 2.33. The van der Waals surface area contributed by atoms with Crippen LogP contribution in [0.2, 0.25) is 0 Å². The van der Waals surface area contributed by atoms with Crippen LogP contribution in [0, 0.1) is 0 Å². The number of benzene rings is 2. The Bertz CT molecular complexity index is 981. The van der Waals surface area contributed by atoms with Gasteiger partial charge in [-0.15, -0.1) is 0 Å². The van der Waals surface area contributed by atoms with Crippen LogP contribution in [0.25, 0.3) is 0 Å². The topological polar surface area (TPSA) is 112 Å². The van der Waals surface area contributed by atoms with Crippen LogP contribution in [0.1, 0.15) is 51.7 Å². The molecule has 0 aliphatic heterocycles. The highest BCUT2D eigenvalue weighted by atomic mass is 16.5. The number of carbonyl (C=O) groups is 2. The average molecular weight is 513 g/mol. The highest BCUT2D eigenvalue weighted by molar-refractivity contribution is 5.87. The van der Waals surface area contributed by atoms with Crippen molar-refractivity contribution in [3.05, 3.63) is 83.3 Å². The van der Waals surface area contributed by atoms with E-state index in [1.807, 2.05) is 48.5 Å². The molecule has 0 fully saturated rings. The molecule has 2 aromatic carbocycles. The van der Waals surface area contributed by atoms with Gasteiger partial charge in [0.25, 0.3) is 0 Å². The normalized spacial score (nSPS) is 12.2. The molecule has 2 N–H and O–H groups in total. The van der Waals surface area contributed by atoms with Crippen LogP contribution in [0.15, 0.2) is 72.2 Å². The van der Waals surface area contributed by atoms with E-state index in [4.69, 9.17) is 29.2 Å². The predicted molar refractivity (Wildman–Crippen MR) is 139 cm³/mol. The summed E-state index contributed by atoms with van der Waals surface area (Å²) >= 11 is 0. The zero-order valence-corrected chi connectivity index (χ0v) is 21.9. The fraction of sp³-hybridized carbons (Fsp3) is 0.379. The molecule has 0 aliphatic rings. The molecule has 0 aliphatic carbocycles. The molecule has 0 radical (unpaired) electrons. The summed E-state index contributed by atoms with van der Waals surface area (Å²) in [7, 11) is 0. The van der Waals surface area contributed by atoms with Crippen LogP contribution in [0.4, 0.5) is 0 Å². The first kappa shape index (κ1) is 29.6. The van der Waals surface area contributed by atoms with Gasteiger partial charge < -0.3 is 29.2 Å². The van der Waals surface area contributed by atoms with Crippen molar-refractivity contribution in [2.45, 2.75) is 46.0 Å². The van der Waals surface area contributed by atoms with Crippen molar-refractivity contribution >= 4 is 11.9 Å². The van der Waals surface area contributed by atoms with E-state index in [-0.39, 0.29) is 31.8 Å². The number of rotatable bonds is 14. The van der Waals surface area contributed by atoms with E-state index in [0.717, 1.165) is 11.1 Å². The summed E-state index contributed by atoms with van der Waals surface area (Å²) in [4.78, 5) is 23.7. The summed E-state index contributed by atoms with van der Waals surface area (Å²) < 4.78 is 21.2. The first-order valence-corrected chi connectivity index (χ1v) is 12.1. The molecule has 0 heterocycles. The van der Waals surface area contributed by atoms with Crippen LogP contribution in [0.5, 0.6) is 11.5 Å². The number of carbonyl (C=O) groups excluding carboxylic acids is 2. The number of ether oxygens (including phenoxy) is 4. The molecular weight excluding hydrogens is 476 g/mol. The van der Waals surface area contributed by atoms with E-state index in [1.165, 1.54) is 12.5 Å². The van der Waals surface area contributed by atoms with Crippen molar-refractivity contribution in [2.75, 3.05) is 26.4 Å². The van der Waals surface area contributed by atoms with E-state index in [2.05, 4.69) is 13.8 Å². The molecule has 0 saturated heterocycles. The van der Waals surface area contributed by atoms with Crippen LogP contribution < -0.4 is 9.47 Å². The predicted octanol–water partition coefficient (Wildman–Crippen LogP) is 4.43. The Kier molecular flexibility index (Phi) is 11.9. The van der Waals surface area contributed by atoms with Gasteiger partial charge in [-0.25, -0.2) is 9.59 Å². The Labute approximate surface area is 218 Å². The molecule has 0 bridgehead atoms. The van der Waals surface area contributed by atoms with Crippen LogP contribution >= 0.6 is 0 Å². The molecule has 2 aromatic rings. The van der Waals surface area contributed by atoms with Gasteiger partial charge in [0.2, 0.25) is 0 Å². The third-order valence-corrected chi connectivity index (χ3v) is 5.61. The molecule has 0 atom stereocenters. The van der Waals surface area contributed by atoms with Crippen molar-refractivity contribution < 1.29 is 38.7 Å². The van der Waals surface area contributed by atoms with Gasteiger partial charge in [0, 0.05) is 31.5 Å². The van der Waals surface area contributed by atoms with Crippen molar-refractivity contribution in [2.24, 2.45) is 0 Å². The molecular formula is C29H36O8. The summed E-state index contributed by atoms with van der Waals surface area (Å²) in [5, 5.41) is 17.5. The molecule has 0 amide bonds. The van der Waals surface area contributed by atoms with Gasteiger partial charge in [0.15, 0.2) is 0 Å². The SMILES string of the molecule is CC(=COc1ccc(C(C)(C)c2ccc(OC=C(C)C(=O)OCCCO)cc2)cc1)C(=O)OCCCO. The standard InChI is InChI=1S/C29H36O8/c1-21(27(32)34-17-5-15-30)19-36-25-11-7-23(8-12-25)29(3,4)24-9-13-26(14-10-24)37-20-22(2)28(33)35-18-6-16-31/h7-14,19-20,30-31H,5-6,15-18H2,1-4H3. The number of aliphatic hydroxyl groups is 2. The Morgan fingerprint density at radius 2 is 1.05 bits per heavy atom. The smallest absolute Gasteiger partial charge is 0.336 e. The summed E-state index contributed by atoms with van der Waals surface area (Å²) in [5.41, 5.74) is 2.49. The monoisotopic (exact) mass is 512 g/mol. The second-order valence-electron chi connectivity index (χ2n) is 8.94. The minimum atomic E-state index is -0.484. The molecule has 0 aromatic heterocycles. The van der Waals surface area contributed by atoms with Crippen LogP contribution in [-0.2, 0) is 24.5 Å². The third-order valence-electron chi connectivity index (χ3n) is 5.61. The molecule has 37 heavy (non-hydrogen) atoms. The molecule has 8 heteroatoms. The Hall–Kier alpha value is -3.62. The maximum atomic E-state index is 11.9. The second-order valence-corrected chi connectivity index (χ2v) is 8.94. The lowest BCUT2D eigenvalue weighted by Gasteiger charge is -2.26. The number of hydrogen-bond acceptors (Lipinski definition) is 8. The summed E-state index contributed by atoms with van der Waals surface area (Å²) in [6.45, 7) is 7.69. The summed E-state index contributed by atoms with van der Waals surface area (Å²) in [6.07, 6.45) is 3.50. The second kappa shape index (κ2) is 14.8. The number of hydrogen-bond donors (Lipinski definition) is 2. The van der Waals surface area contributed by atoms with Gasteiger partial charge in [-0.1, -0.05) is 38.1 Å². The van der Waals surface area contributed by atoms with Crippen LogP contribution in [0.3, 0.4) is 0 Å². The minimum Gasteiger partial charge on any atom is -0.464 e. The van der Waals surface area contributed by atoms with Crippen molar-refractivity contribution in [1.29, 1.82) is 0 Å². The largest absolute Gasteiger partial charge is 0.464 e. The van der Waals surface area contributed by atoms with Crippen molar-refractivity contribution in [1.82, 2.24) is 0 Å². The van der Waals surface area contributed by atoms with Gasteiger partial charge in [-0.2, -0.15) is 0 Å². The van der Waals surface area contributed by atoms with E-state index in [0.29, 0.717) is 35.5 Å². The fourth-order valence-electron chi connectivity index (χ4n) is 3.16. The molecule has 0 saturated carbocycles. The molecule has 0 unspecified atom stereocenters. The lowest BCUT2D eigenvalue weighted by Crippen LogP contribution is -2.18. The minimum absolute atomic E-state index is 0.0323. The molecule has 8 nitrogen and oxygen atoms in total. The Morgan fingerprint density at radius 1 is 0.703 bits per heavy atom. The maximum absolute atomic E-state index is 11.9. The average Bonchev–Trinajstić information content (AvgIpc) is 2.90. The maximum Gasteiger partial charge on any atom is 0.336 e. The highest BCUT2D eigenvalue weighted by Gasteiger charge is 2.23. The van der Waals surface area contributed by atoms with Gasteiger partial charge in [0.1, 0.15) is 24.0 Å². The number of aliphatic hydroxyl groups excluding tert-OH is 2. The van der Waals surface area contributed by atoms with Crippen molar-refractivity contribution in [3.63, 3.8) is 0 Å². The first-order valence-electron chi connectivity index (χ1n) is 12.1. The van der Waals surface area contributed by atoms with E-state index in [1.54, 1.807) is 13.8 Å². The first-order chi connectivity index (χ1) is 17.7. The van der Waals surface area contributed by atoms with Gasteiger partial charge >= 0.3 is 11.9 Å². The summed E-state index contributed by atoms with van der Waals surface area (Å²) in [6, 6.07) is 15.2. The zero-order chi connectivity index (χ0) is 27.3.